The number of nitrogens with zero attached hydrogens (tertiary/aromatic N) is 3. The second-order valence-corrected chi connectivity index (χ2v) is 6.73. The number of rotatable bonds is 5. The first-order chi connectivity index (χ1) is 11.5. The van der Waals surface area contributed by atoms with Gasteiger partial charge in [0.25, 0.3) is 0 Å². The molecule has 1 saturated heterocycles. The molecule has 130 valence electrons. The molecule has 24 heavy (non-hydrogen) atoms. The van der Waals surface area contributed by atoms with Crippen LogP contribution in [0.25, 0.3) is 11.0 Å². The summed E-state index contributed by atoms with van der Waals surface area (Å²) in [5.74, 6) is 0.919. The number of halogens is 1. The largest absolute Gasteiger partial charge is 0.382 e. The molecule has 6 nitrogen and oxygen atoms in total. The van der Waals surface area contributed by atoms with Crippen molar-refractivity contribution in [3.05, 3.63) is 29.0 Å². The zero-order chi connectivity index (χ0) is 17.3. The van der Waals surface area contributed by atoms with Crippen LogP contribution in [0.2, 0.25) is 5.02 Å². The molecule has 0 spiro atoms. The number of aryl methyl sites for hydroxylation is 1. The quantitative estimate of drug-likeness (QED) is 0.895. The van der Waals surface area contributed by atoms with E-state index in [4.69, 9.17) is 21.3 Å². The van der Waals surface area contributed by atoms with Crippen LogP contribution in [0.4, 0.5) is 0 Å². The number of carbonyl (C=O) groups excluding carboxylic acids is 1. The summed E-state index contributed by atoms with van der Waals surface area (Å²) >= 11 is 6.10. The summed E-state index contributed by atoms with van der Waals surface area (Å²) in [6, 6.07) is 5.68. The van der Waals surface area contributed by atoms with Gasteiger partial charge in [-0.1, -0.05) is 11.6 Å². The number of likely N-dealkylation sites (tertiary alicyclic amines) is 1. The van der Waals surface area contributed by atoms with Crippen molar-refractivity contribution in [3.8, 4) is 0 Å². The number of methoxy groups -OCH3 is 1. The van der Waals surface area contributed by atoms with Gasteiger partial charge >= 0.3 is 0 Å². The van der Waals surface area contributed by atoms with Crippen molar-refractivity contribution in [1.82, 2.24) is 19.8 Å². The minimum absolute atomic E-state index is 0.00339. The first kappa shape index (κ1) is 17.2. The average Bonchev–Trinajstić information content (AvgIpc) is 3.11. The topological polar surface area (TPSA) is 59.4 Å². The van der Waals surface area contributed by atoms with Gasteiger partial charge < -0.3 is 14.6 Å². The lowest BCUT2D eigenvalue weighted by Crippen LogP contribution is -2.57. The summed E-state index contributed by atoms with van der Waals surface area (Å²) < 4.78 is 7.42. The Morgan fingerprint density at radius 1 is 1.50 bits per heavy atom. The molecule has 1 fully saturated rings. The summed E-state index contributed by atoms with van der Waals surface area (Å²) in [6.07, 6.45) is 1.75. The number of hydrogen-bond donors (Lipinski definition) is 1. The van der Waals surface area contributed by atoms with Gasteiger partial charge in [-0.3, -0.25) is 9.69 Å². The lowest BCUT2D eigenvalue weighted by Gasteiger charge is -2.35. The van der Waals surface area contributed by atoms with Crippen molar-refractivity contribution < 1.29 is 9.53 Å². The van der Waals surface area contributed by atoms with Gasteiger partial charge in [0.15, 0.2) is 0 Å². The van der Waals surface area contributed by atoms with Crippen LogP contribution in [0.1, 0.15) is 18.7 Å². The van der Waals surface area contributed by atoms with E-state index in [1.165, 1.54) is 0 Å². The Morgan fingerprint density at radius 2 is 2.29 bits per heavy atom. The number of likely N-dealkylation sites (N-methyl/N-ethyl adjacent to an activating group) is 1. The summed E-state index contributed by atoms with van der Waals surface area (Å²) in [5, 5.41) is 3.48. The number of aromatic nitrogens is 2. The Morgan fingerprint density at radius 3 is 3.00 bits per heavy atom. The highest BCUT2D eigenvalue weighted by molar-refractivity contribution is 6.31. The smallest absolute Gasteiger partial charge is 0.242 e. The number of hydrogen-bond acceptors (Lipinski definition) is 4. The van der Waals surface area contributed by atoms with E-state index in [9.17, 15) is 4.79 Å². The van der Waals surface area contributed by atoms with E-state index in [1.54, 1.807) is 14.2 Å². The summed E-state index contributed by atoms with van der Waals surface area (Å²) in [7, 11) is 5.29. The molecule has 1 N–H and O–H groups in total. The molecular weight excluding hydrogens is 328 g/mol. The van der Waals surface area contributed by atoms with Gasteiger partial charge in [0.2, 0.25) is 5.91 Å². The van der Waals surface area contributed by atoms with E-state index in [1.807, 2.05) is 29.8 Å². The minimum Gasteiger partial charge on any atom is -0.382 e. The van der Waals surface area contributed by atoms with Gasteiger partial charge in [-0.05, 0) is 37.6 Å². The van der Waals surface area contributed by atoms with E-state index >= 15 is 0 Å². The van der Waals surface area contributed by atoms with Crippen molar-refractivity contribution in [2.24, 2.45) is 7.05 Å². The molecule has 1 aliphatic rings. The van der Waals surface area contributed by atoms with E-state index in [0.717, 1.165) is 36.2 Å². The molecule has 0 radical (unpaired) electrons. The molecule has 0 bridgehead atoms. The predicted molar refractivity (Wildman–Crippen MR) is 94.0 cm³/mol. The number of benzene rings is 1. The Bertz CT molecular complexity index is 760. The van der Waals surface area contributed by atoms with Crippen LogP contribution >= 0.6 is 11.6 Å². The molecule has 1 unspecified atom stereocenters. The Labute approximate surface area is 146 Å². The third-order valence-corrected chi connectivity index (χ3v) is 5.16. The number of carbonyl (C=O) groups is 1. The normalized spacial score (nSPS) is 21.5. The van der Waals surface area contributed by atoms with Gasteiger partial charge in [0.05, 0.1) is 24.2 Å². The van der Waals surface area contributed by atoms with Gasteiger partial charge in [-0.2, -0.15) is 0 Å². The van der Waals surface area contributed by atoms with Gasteiger partial charge in [-0.25, -0.2) is 4.98 Å². The molecule has 3 rings (SSSR count). The molecule has 1 atom stereocenters. The molecule has 1 amide bonds. The van der Waals surface area contributed by atoms with E-state index in [-0.39, 0.29) is 5.91 Å². The van der Waals surface area contributed by atoms with Crippen molar-refractivity contribution >= 4 is 28.5 Å². The van der Waals surface area contributed by atoms with Crippen molar-refractivity contribution in [1.29, 1.82) is 0 Å². The number of amides is 1. The second-order valence-electron chi connectivity index (χ2n) is 6.29. The standard InChI is InChI=1S/C17H23ClN4O2/c1-19-16(23)17(11-24-3)7-4-8-22(17)10-15-20-13-6-5-12(18)9-14(13)21(15)2/h5-6,9H,4,7-8,10-11H2,1-3H3,(H,19,23). The Kier molecular flexibility index (Phi) is 4.80. The van der Waals surface area contributed by atoms with E-state index in [0.29, 0.717) is 18.2 Å². The molecule has 1 aliphatic heterocycles. The maximum atomic E-state index is 12.6. The number of fused-ring (bicyclic) bond motifs is 1. The highest BCUT2D eigenvalue weighted by Crippen LogP contribution is 2.32. The predicted octanol–water partition coefficient (Wildman–Crippen LogP) is 1.95. The zero-order valence-corrected chi connectivity index (χ0v) is 15.1. The molecule has 0 saturated carbocycles. The molecule has 0 aliphatic carbocycles. The summed E-state index contributed by atoms with van der Waals surface area (Å²) in [6.45, 7) is 1.82. The molecule has 2 aromatic rings. The minimum atomic E-state index is -0.626. The van der Waals surface area contributed by atoms with Crippen molar-refractivity contribution in [3.63, 3.8) is 0 Å². The second kappa shape index (κ2) is 6.70. The third-order valence-electron chi connectivity index (χ3n) is 4.92. The molecule has 1 aromatic carbocycles. The number of ether oxygens (including phenoxy) is 1. The fraction of sp³-hybridized carbons (Fsp3) is 0.529. The first-order valence-electron chi connectivity index (χ1n) is 8.09. The summed E-state index contributed by atoms with van der Waals surface area (Å²) in [5.41, 5.74) is 1.28. The Balaban J connectivity index is 1.94. The van der Waals surface area contributed by atoms with Crippen molar-refractivity contribution in [2.45, 2.75) is 24.9 Å². The fourth-order valence-corrected chi connectivity index (χ4v) is 3.81. The van der Waals surface area contributed by atoms with Crippen LogP contribution in [0, 0.1) is 0 Å². The first-order valence-corrected chi connectivity index (χ1v) is 8.46. The van der Waals surface area contributed by atoms with Crippen LogP contribution in [-0.4, -0.2) is 53.2 Å². The SMILES string of the molecule is CNC(=O)C1(COC)CCCN1Cc1nc2ccc(Cl)cc2n1C. The lowest BCUT2D eigenvalue weighted by molar-refractivity contribution is -0.135. The maximum absolute atomic E-state index is 12.6. The lowest BCUT2D eigenvalue weighted by atomic mass is 9.96. The van der Waals surface area contributed by atoms with Gasteiger partial charge in [0, 0.05) is 26.2 Å². The van der Waals surface area contributed by atoms with Gasteiger partial charge in [-0.15, -0.1) is 0 Å². The molecule has 2 heterocycles. The maximum Gasteiger partial charge on any atom is 0.242 e. The third kappa shape index (κ3) is 2.79. The van der Waals surface area contributed by atoms with Crippen LogP contribution in [0.3, 0.4) is 0 Å². The average molecular weight is 351 g/mol. The van der Waals surface area contributed by atoms with E-state index < -0.39 is 5.54 Å². The molecule has 1 aromatic heterocycles. The Hall–Kier alpha value is -1.63. The van der Waals surface area contributed by atoms with Crippen molar-refractivity contribution in [2.75, 3.05) is 27.3 Å². The van der Waals surface area contributed by atoms with E-state index in [2.05, 4.69) is 10.2 Å². The molecular formula is C17H23ClN4O2. The highest BCUT2D eigenvalue weighted by atomic mass is 35.5. The fourth-order valence-electron chi connectivity index (χ4n) is 3.65. The monoisotopic (exact) mass is 350 g/mol. The zero-order valence-electron chi connectivity index (χ0n) is 14.3. The highest BCUT2D eigenvalue weighted by Gasteiger charge is 2.47. The van der Waals surface area contributed by atoms with Crippen LogP contribution in [0.5, 0.6) is 0 Å². The van der Waals surface area contributed by atoms with Gasteiger partial charge in [0.1, 0.15) is 11.4 Å². The number of nitrogens with one attached hydrogen (secondary N) is 1. The molecule has 7 heteroatoms. The number of imidazole rings is 1. The van der Waals surface area contributed by atoms with Crippen LogP contribution < -0.4 is 5.32 Å². The van der Waals surface area contributed by atoms with Crippen LogP contribution in [-0.2, 0) is 23.1 Å². The van der Waals surface area contributed by atoms with Crippen LogP contribution in [0.15, 0.2) is 18.2 Å². The summed E-state index contributed by atoms with van der Waals surface area (Å²) in [4.78, 5) is 19.4.